The predicted octanol–water partition coefficient (Wildman–Crippen LogP) is 1.77. The average Bonchev–Trinajstić information content (AvgIpc) is 2.25. The van der Waals surface area contributed by atoms with Crippen LogP contribution in [-0.2, 0) is 4.74 Å². The zero-order valence-corrected chi connectivity index (χ0v) is 9.97. The molecule has 0 aliphatic heterocycles. The molecule has 1 aromatic rings. The van der Waals surface area contributed by atoms with Gasteiger partial charge in [0.2, 0.25) is 0 Å². The smallest absolute Gasteiger partial charge is 0.337 e. The number of ether oxygens (including phenoxy) is 2. The number of hydrogen-bond acceptors (Lipinski definition) is 4. The molecular weight excluding hydrogens is 222 g/mol. The van der Waals surface area contributed by atoms with E-state index in [0.717, 1.165) is 0 Å². The molecule has 1 rings (SSSR count). The zero-order valence-electron chi connectivity index (χ0n) is 9.97. The van der Waals surface area contributed by atoms with Gasteiger partial charge < -0.3 is 20.3 Å². The number of para-hydroxylation sites is 1. The van der Waals surface area contributed by atoms with E-state index in [1.54, 1.807) is 12.1 Å². The number of hydrogen-bond donors (Lipinski definition) is 2. The second kappa shape index (κ2) is 6.10. The van der Waals surface area contributed by atoms with E-state index in [4.69, 9.17) is 20.3 Å². The Balaban J connectivity index is 2.59. The van der Waals surface area contributed by atoms with Gasteiger partial charge in [0.1, 0.15) is 12.4 Å². The fourth-order valence-electron chi connectivity index (χ4n) is 1.29. The van der Waals surface area contributed by atoms with E-state index in [1.165, 1.54) is 6.07 Å². The molecule has 0 atom stereocenters. The molecule has 5 heteroatoms. The molecule has 0 aromatic heterocycles. The van der Waals surface area contributed by atoms with E-state index < -0.39 is 5.97 Å². The van der Waals surface area contributed by atoms with Gasteiger partial charge in [-0.3, -0.25) is 0 Å². The van der Waals surface area contributed by atoms with Crippen molar-refractivity contribution >= 4 is 11.7 Å². The molecule has 0 aliphatic carbocycles. The van der Waals surface area contributed by atoms with Crippen molar-refractivity contribution in [1.82, 2.24) is 0 Å². The minimum Gasteiger partial charge on any atom is -0.489 e. The molecule has 0 spiro atoms. The first-order valence-electron chi connectivity index (χ1n) is 5.38. The average molecular weight is 239 g/mol. The van der Waals surface area contributed by atoms with Crippen LogP contribution in [0.1, 0.15) is 24.2 Å². The van der Waals surface area contributed by atoms with Crippen molar-refractivity contribution in [3.05, 3.63) is 23.8 Å². The highest BCUT2D eigenvalue weighted by Crippen LogP contribution is 2.24. The Morgan fingerprint density at radius 2 is 2.12 bits per heavy atom. The number of aromatic carboxylic acids is 1. The molecule has 0 heterocycles. The summed E-state index contributed by atoms with van der Waals surface area (Å²) in [6.07, 6.45) is 0.140. The van der Waals surface area contributed by atoms with E-state index in [0.29, 0.717) is 19.0 Å². The topological polar surface area (TPSA) is 81.8 Å². The lowest BCUT2D eigenvalue weighted by molar-refractivity contribution is 0.0554. The lowest BCUT2D eigenvalue weighted by Crippen LogP contribution is -2.12. The van der Waals surface area contributed by atoms with Crippen LogP contribution in [0.15, 0.2) is 18.2 Å². The van der Waals surface area contributed by atoms with E-state index in [-0.39, 0.29) is 17.4 Å². The van der Waals surface area contributed by atoms with Crippen LogP contribution in [0.25, 0.3) is 0 Å². The Hall–Kier alpha value is -1.75. The van der Waals surface area contributed by atoms with Crippen molar-refractivity contribution in [3.63, 3.8) is 0 Å². The normalized spacial score (nSPS) is 10.5. The Morgan fingerprint density at radius 3 is 2.71 bits per heavy atom. The third kappa shape index (κ3) is 3.96. The molecule has 0 amide bonds. The highest BCUT2D eigenvalue weighted by atomic mass is 16.5. The maximum atomic E-state index is 10.8. The lowest BCUT2D eigenvalue weighted by atomic mass is 10.1. The maximum Gasteiger partial charge on any atom is 0.337 e. The first-order valence-corrected chi connectivity index (χ1v) is 5.38. The van der Waals surface area contributed by atoms with Gasteiger partial charge in [0, 0.05) is 0 Å². The summed E-state index contributed by atoms with van der Waals surface area (Å²) in [4.78, 5) is 10.8. The summed E-state index contributed by atoms with van der Waals surface area (Å²) in [5.74, 6) is -0.691. The number of nitrogen functional groups attached to an aromatic ring is 1. The lowest BCUT2D eigenvalue weighted by Gasteiger charge is -2.11. The number of rotatable bonds is 6. The van der Waals surface area contributed by atoms with Crippen LogP contribution in [0.4, 0.5) is 5.69 Å². The second-order valence-corrected chi connectivity index (χ2v) is 3.79. The minimum absolute atomic E-state index is 0.0484. The molecular formula is C12H17NO4. The monoisotopic (exact) mass is 239 g/mol. The van der Waals surface area contributed by atoms with Gasteiger partial charge in [0.05, 0.1) is 24.0 Å². The molecule has 0 fully saturated rings. The Labute approximate surface area is 100 Å². The van der Waals surface area contributed by atoms with E-state index in [2.05, 4.69) is 0 Å². The van der Waals surface area contributed by atoms with Crippen LogP contribution in [-0.4, -0.2) is 30.4 Å². The number of carboxylic acid groups (broad SMARTS) is 1. The largest absolute Gasteiger partial charge is 0.489 e. The summed E-state index contributed by atoms with van der Waals surface area (Å²) in [7, 11) is 0. The van der Waals surface area contributed by atoms with Gasteiger partial charge in [-0.05, 0) is 26.0 Å². The number of nitrogens with two attached hydrogens (primary N) is 1. The number of anilines is 1. The van der Waals surface area contributed by atoms with E-state index in [1.807, 2.05) is 13.8 Å². The van der Waals surface area contributed by atoms with Gasteiger partial charge in [0.15, 0.2) is 0 Å². The zero-order chi connectivity index (χ0) is 12.8. The van der Waals surface area contributed by atoms with E-state index >= 15 is 0 Å². The number of benzene rings is 1. The van der Waals surface area contributed by atoms with E-state index in [9.17, 15) is 4.79 Å². The van der Waals surface area contributed by atoms with Gasteiger partial charge in [-0.2, -0.15) is 0 Å². The quantitative estimate of drug-likeness (QED) is 0.584. The third-order valence-corrected chi connectivity index (χ3v) is 2.09. The summed E-state index contributed by atoms with van der Waals surface area (Å²) >= 11 is 0. The van der Waals surface area contributed by atoms with Gasteiger partial charge in [-0.1, -0.05) is 6.07 Å². The van der Waals surface area contributed by atoms with Gasteiger partial charge in [-0.15, -0.1) is 0 Å². The summed E-state index contributed by atoms with van der Waals surface area (Å²) in [6, 6.07) is 4.67. The molecule has 17 heavy (non-hydrogen) atoms. The van der Waals surface area contributed by atoms with Crippen molar-refractivity contribution in [2.24, 2.45) is 0 Å². The Kier molecular flexibility index (Phi) is 4.78. The molecule has 3 N–H and O–H groups in total. The summed E-state index contributed by atoms with van der Waals surface area (Å²) in [5.41, 5.74) is 5.87. The van der Waals surface area contributed by atoms with Crippen LogP contribution < -0.4 is 10.5 Å². The van der Waals surface area contributed by atoms with Crippen LogP contribution >= 0.6 is 0 Å². The second-order valence-electron chi connectivity index (χ2n) is 3.79. The van der Waals surface area contributed by atoms with Crippen LogP contribution in [0.5, 0.6) is 5.75 Å². The first kappa shape index (κ1) is 13.3. The fraction of sp³-hybridized carbons (Fsp3) is 0.417. The predicted molar refractivity (Wildman–Crippen MR) is 64.4 cm³/mol. The van der Waals surface area contributed by atoms with Crippen molar-refractivity contribution in [2.75, 3.05) is 18.9 Å². The summed E-state index contributed by atoms with van der Waals surface area (Å²) < 4.78 is 10.7. The van der Waals surface area contributed by atoms with Gasteiger partial charge in [-0.25, -0.2) is 4.79 Å². The van der Waals surface area contributed by atoms with Crippen molar-refractivity contribution in [1.29, 1.82) is 0 Å². The highest BCUT2D eigenvalue weighted by molar-refractivity contribution is 5.95. The molecule has 0 radical (unpaired) electrons. The summed E-state index contributed by atoms with van der Waals surface area (Å²) in [6.45, 7) is 4.64. The summed E-state index contributed by atoms with van der Waals surface area (Å²) in [5, 5.41) is 8.87. The molecule has 0 saturated carbocycles. The van der Waals surface area contributed by atoms with Crippen molar-refractivity contribution in [3.8, 4) is 5.75 Å². The molecule has 0 saturated heterocycles. The SMILES string of the molecule is CC(C)OCCOc1cccc(C(=O)O)c1N. The molecule has 0 unspecified atom stereocenters. The molecule has 0 aliphatic rings. The molecule has 1 aromatic carbocycles. The number of carboxylic acids is 1. The minimum atomic E-state index is -1.06. The molecule has 94 valence electrons. The van der Waals surface area contributed by atoms with Crippen LogP contribution in [0, 0.1) is 0 Å². The number of carbonyl (C=O) groups is 1. The standard InChI is InChI=1S/C12H17NO4/c1-8(2)16-6-7-17-10-5-3-4-9(11(10)13)12(14)15/h3-5,8H,6-7,13H2,1-2H3,(H,14,15). The van der Waals surface area contributed by atoms with Crippen LogP contribution in [0.3, 0.4) is 0 Å². The van der Waals surface area contributed by atoms with Crippen LogP contribution in [0.2, 0.25) is 0 Å². The maximum absolute atomic E-state index is 10.8. The molecule has 5 nitrogen and oxygen atoms in total. The van der Waals surface area contributed by atoms with Gasteiger partial charge >= 0.3 is 5.97 Å². The van der Waals surface area contributed by atoms with Crippen molar-refractivity contribution < 1.29 is 19.4 Å². The Morgan fingerprint density at radius 1 is 1.41 bits per heavy atom. The highest BCUT2D eigenvalue weighted by Gasteiger charge is 2.11. The third-order valence-electron chi connectivity index (χ3n) is 2.09. The Bertz CT molecular complexity index is 390. The fourth-order valence-corrected chi connectivity index (χ4v) is 1.29. The van der Waals surface area contributed by atoms with Gasteiger partial charge in [0.25, 0.3) is 0 Å². The van der Waals surface area contributed by atoms with Crippen molar-refractivity contribution in [2.45, 2.75) is 20.0 Å². The molecule has 0 bridgehead atoms. The first-order chi connectivity index (χ1) is 8.02.